The van der Waals surface area contributed by atoms with E-state index in [1.165, 1.54) is 0 Å². The molecule has 0 aliphatic carbocycles. The largest absolute Gasteiger partial charge is 0.484 e. The van der Waals surface area contributed by atoms with E-state index in [1.54, 1.807) is 30.3 Å². The number of halogens is 5. The Morgan fingerprint density at radius 1 is 1.19 bits per heavy atom. The molecule has 1 N–H and O–H groups in total. The fourth-order valence-electron chi connectivity index (χ4n) is 2.75. The van der Waals surface area contributed by atoms with Crippen LogP contribution < -0.4 is 10.1 Å². The molecule has 0 radical (unpaired) electrons. The van der Waals surface area contributed by atoms with Crippen LogP contribution in [-0.2, 0) is 11.2 Å². The molecule has 3 aromatic rings. The zero-order chi connectivity index (χ0) is 23.5. The van der Waals surface area contributed by atoms with Crippen molar-refractivity contribution in [3.05, 3.63) is 74.4 Å². The molecule has 1 amide bonds. The summed E-state index contributed by atoms with van der Waals surface area (Å²) in [5, 5.41) is 17.0. The number of nitrogens with one attached hydrogen (secondary N) is 1. The van der Waals surface area contributed by atoms with Gasteiger partial charge in [0.15, 0.2) is 6.61 Å². The second kappa shape index (κ2) is 9.45. The minimum Gasteiger partial charge on any atom is -0.484 e. The first kappa shape index (κ1) is 23.4. The van der Waals surface area contributed by atoms with Gasteiger partial charge in [0.1, 0.15) is 17.6 Å². The monoisotopic (exact) mass is 488 g/mol. The van der Waals surface area contributed by atoms with Gasteiger partial charge in [0.25, 0.3) is 5.91 Å². The molecule has 0 saturated carbocycles. The van der Waals surface area contributed by atoms with E-state index < -0.39 is 35.7 Å². The molecular formula is C19H13Cl2F3N4O4. The Morgan fingerprint density at radius 3 is 2.38 bits per heavy atom. The van der Waals surface area contributed by atoms with Crippen molar-refractivity contribution < 1.29 is 27.6 Å². The Bertz CT molecular complexity index is 1130. The average molecular weight is 489 g/mol. The van der Waals surface area contributed by atoms with Gasteiger partial charge >= 0.3 is 11.9 Å². The third-order valence-corrected chi connectivity index (χ3v) is 4.59. The maximum atomic E-state index is 12.7. The zero-order valence-corrected chi connectivity index (χ0v) is 17.4. The third-order valence-electron chi connectivity index (χ3n) is 4.01. The number of rotatable bonds is 7. The van der Waals surface area contributed by atoms with Crippen molar-refractivity contribution >= 4 is 40.6 Å². The first-order valence-corrected chi connectivity index (χ1v) is 9.56. The van der Waals surface area contributed by atoms with Crippen LogP contribution in [0.3, 0.4) is 0 Å². The van der Waals surface area contributed by atoms with Gasteiger partial charge in [0.05, 0.1) is 21.4 Å². The lowest BCUT2D eigenvalue weighted by atomic mass is 10.1. The summed E-state index contributed by atoms with van der Waals surface area (Å²) in [6.07, 6.45) is -4.91. The fourth-order valence-corrected chi connectivity index (χ4v) is 3.44. The lowest BCUT2D eigenvalue weighted by Crippen LogP contribution is -2.22. The predicted molar refractivity (Wildman–Crippen MR) is 111 cm³/mol. The van der Waals surface area contributed by atoms with Crippen molar-refractivity contribution in [1.29, 1.82) is 0 Å². The number of aromatic nitrogens is 2. The van der Waals surface area contributed by atoms with E-state index >= 15 is 0 Å². The molecule has 0 unspecified atom stereocenters. The molecule has 0 atom stereocenters. The zero-order valence-electron chi connectivity index (χ0n) is 15.9. The van der Waals surface area contributed by atoms with Crippen LogP contribution in [0, 0.1) is 10.1 Å². The summed E-state index contributed by atoms with van der Waals surface area (Å²) in [7, 11) is 0. The summed E-state index contributed by atoms with van der Waals surface area (Å²) in [5.41, 5.74) is -0.920. The second-order valence-electron chi connectivity index (χ2n) is 6.40. The number of amides is 1. The fraction of sp³-hybridized carbons (Fsp3) is 0.158. The van der Waals surface area contributed by atoms with Crippen molar-refractivity contribution in [3.63, 3.8) is 0 Å². The van der Waals surface area contributed by atoms with Gasteiger partial charge in [-0.2, -0.15) is 18.3 Å². The molecule has 0 spiro atoms. The van der Waals surface area contributed by atoms with Crippen LogP contribution in [0.1, 0.15) is 5.56 Å². The molecule has 0 aliphatic heterocycles. The van der Waals surface area contributed by atoms with Crippen molar-refractivity contribution in [2.45, 2.75) is 12.6 Å². The van der Waals surface area contributed by atoms with Crippen molar-refractivity contribution in [3.8, 4) is 11.4 Å². The number of para-hydroxylation sites is 1. The third kappa shape index (κ3) is 5.68. The molecular weight excluding hydrogens is 476 g/mol. The lowest BCUT2D eigenvalue weighted by molar-refractivity contribution is -0.384. The highest BCUT2D eigenvalue weighted by Gasteiger charge is 2.30. The molecule has 0 bridgehead atoms. The minimum atomic E-state index is -4.49. The maximum Gasteiger partial charge on any atom is 0.393 e. The second-order valence-corrected chi connectivity index (χ2v) is 7.21. The summed E-state index contributed by atoms with van der Waals surface area (Å²) >= 11 is 12.2. The van der Waals surface area contributed by atoms with Gasteiger partial charge < -0.3 is 10.1 Å². The molecule has 13 heteroatoms. The van der Waals surface area contributed by atoms with Crippen LogP contribution in [0.5, 0.6) is 5.75 Å². The smallest absolute Gasteiger partial charge is 0.393 e. The van der Waals surface area contributed by atoms with Crippen molar-refractivity contribution in [2.24, 2.45) is 0 Å². The first-order valence-electron chi connectivity index (χ1n) is 8.80. The molecule has 1 aromatic heterocycles. The molecule has 0 saturated heterocycles. The molecule has 32 heavy (non-hydrogen) atoms. The van der Waals surface area contributed by atoms with Gasteiger partial charge in [-0.15, -0.1) is 0 Å². The number of hydrogen-bond acceptors (Lipinski definition) is 5. The van der Waals surface area contributed by atoms with Crippen LogP contribution in [-0.4, -0.2) is 33.4 Å². The number of carbonyl (C=O) groups excluding carboxylic acids is 1. The number of ether oxygens (including phenoxy) is 1. The summed E-state index contributed by atoms with van der Waals surface area (Å²) < 4.78 is 44.2. The predicted octanol–water partition coefficient (Wildman–Crippen LogP) is 5.21. The summed E-state index contributed by atoms with van der Waals surface area (Å²) in [5.74, 6) is -0.735. The Kier molecular flexibility index (Phi) is 6.90. The van der Waals surface area contributed by atoms with E-state index in [9.17, 15) is 28.1 Å². The van der Waals surface area contributed by atoms with Gasteiger partial charge in [-0.3, -0.25) is 14.9 Å². The Hall–Kier alpha value is -3.31. The molecule has 168 valence electrons. The number of carbonyl (C=O) groups is 1. The van der Waals surface area contributed by atoms with E-state index in [0.717, 1.165) is 23.0 Å². The van der Waals surface area contributed by atoms with E-state index in [0.29, 0.717) is 5.75 Å². The molecule has 1 heterocycles. The van der Waals surface area contributed by atoms with E-state index in [-0.39, 0.29) is 27.1 Å². The molecule has 0 aliphatic rings. The van der Waals surface area contributed by atoms with Gasteiger partial charge in [-0.1, -0.05) is 41.4 Å². The van der Waals surface area contributed by atoms with Crippen LogP contribution in [0.4, 0.5) is 24.7 Å². The minimum absolute atomic E-state index is 0.133. The number of nitro groups is 1. The molecule has 2 aromatic carbocycles. The summed E-state index contributed by atoms with van der Waals surface area (Å²) in [6, 6.07) is 10.4. The van der Waals surface area contributed by atoms with Crippen LogP contribution in [0.2, 0.25) is 10.0 Å². The number of nitrogens with zero attached hydrogens (tertiary/aromatic N) is 3. The highest BCUT2D eigenvalue weighted by Crippen LogP contribution is 2.36. The lowest BCUT2D eigenvalue weighted by Gasteiger charge is -2.14. The Morgan fingerprint density at radius 2 is 1.81 bits per heavy atom. The number of alkyl halides is 3. The van der Waals surface area contributed by atoms with Crippen molar-refractivity contribution in [1.82, 2.24) is 9.78 Å². The van der Waals surface area contributed by atoms with Crippen molar-refractivity contribution in [2.75, 3.05) is 11.9 Å². The van der Waals surface area contributed by atoms with E-state index in [4.69, 9.17) is 27.9 Å². The van der Waals surface area contributed by atoms with Gasteiger partial charge in [-0.25, -0.2) is 4.68 Å². The van der Waals surface area contributed by atoms with Gasteiger partial charge in [-0.05, 0) is 29.8 Å². The first-order chi connectivity index (χ1) is 15.0. The van der Waals surface area contributed by atoms with Gasteiger partial charge in [0, 0.05) is 0 Å². The van der Waals surface area contributed by atoms with Crippen LogP contribution in [0.25, 0.3) is 5.69 Å². The molecule has 0 fully saturated rings. The topological polar surface area (TPSA) is 99.3 Å². The van der Waals surface area contributed by atoms with E-state index in [1.807, 2.05) is 0 Å². The summed E-state index contributed by atoms with van der Waals surface area (Å²) in [6.45, 7) is -0.474. The van der Waals surface area contributed by atoms with E-state index in [2.05, 4.69) is 10.4 Å². The number of anilines is 1. The SMILES string of the molecule is O=C(COc1ccccc1)Nc1c([N+](=O)[O-])cnn1-c1c(Cl)cc(CC(F)(F)F)cc1Cl. The number of hydrogen-bond donors (Lipinski definition) is 1. The summed E-state index contributed by atoms with van der Waals surface area (Å²) in [4.78, 5) is 22.9. The van der Waals surface area contributed by atoms with Crippen LogP contribution in [0.15, 0.2) is 48.7 Å². The average Bonchev–Trinajstić information content (AvgIpc) is 3.08. The van der Waals surface area contributed by atoms with Gasteiger partial charge in [0.2, 0.25) is 5.82 Å². The quantitative estimate of drug-likeness (QED) is 0.363. The molecule has 8 nitrogen and oxygen atoms in total. The maximum absolute atomic E-state index is 12.7. The highest BCUT2D eigenvalue weighted by molar-refractivity contribution is 6.38. The van der Waals surface area contributed by atoms with Crippen LogP contribution >= 0.6 is 23.2 Å². The Labute approximate surface area is 188 Å². The standard InChI is InChI=1S/C19H13Cl2F3N4O4/c20-13-6-11(8-19(22,23)24)7-14(21)17(13)27-18(15(9-25-27)28(30)31)26-16(29)10-32-12-4-2-1-3-5-12/h1-7,9H,8,10H2,(H,26,29). The Balaban J connectivity index is 1.91. The number of benzene rings is 2. The molecule has 3 rings (SSSR count). The normalized spacial score (nSPS) is 11.3. The highest BCUT2D eigenvalue weighted by atomic mass is 35.5.